The van der Waals surface area contributed by atoms with Crippen LogP contribution in [0.1, 0.15) is 91.4 Å². The highest BCUT2D eigenvalue weighted by Crippen LogP contribution is 2.26. The van der Waals surface area contributed by atoms with E-state index in [2.05, 4.69) is 13.8 Å². The van der Waals surface area contributed by atoms with Gasteiger partial charge in [-0.15, -0.1) is 0 Å². The van der Waals surface area contributed by atoms with Gasteiger partial charge in [-0.05, 0) is 19.3 Å². The maximum atomic E-state index is 10.5. The van der Waals surface area contributed by atoms with Crippen molar-refractivity contribution in [3.8, 4) is 0 Å². The first kappa shape index (κ1) is 17.9. The number of aliphatic hydroxyl groups excluding tert-OH is 1. The van der Waals surface area contributed by atoms with Gasteiger partial charge in [0.25, 0.3) is 0 Å². The standard InChI is InChI=1S/C16H34O2/c1-4-7-9-11-13-16(18,6-3)14-15(17)12-10-8-5-2/h15,17-18H,4-14H2,1-3H3. The average Bonchev–Trinajstić information content (AvgIpc) is 2.35. The summed E-state index contributed by atoms with van der Waals surface area (Å²) in [5.74, 6) is 0. The van der Waals surface area contributed by atoms with Crippen molar-refractivity contribution in [2.45, 2.75) is 103 Å². The Kier molecular flexibility index (Phi) is 10.8. The van der Waals surface area contributed by atoms with E-state index in [9.17, 15) is 10.2 Å². The Hall–Kier alpha value is -0.0800. The van der Waals surface area contributed by atoms with E-state index in [0.29, 0.717) is 6.42 Å². The Morgan fingerprint density at radius 3 is 2.06 bits per heavy atom. The quantitative estimate of drug-likeness (QED) is 0.508. The molecule has 0 bridgehead atoms. The maximum absolute atomic E-state index is 10.5. The second-order valence-electron chi connectivity index (χ2n) is 5.74. The lowest BCUT2D eigenvalue weighted by Crippen LogP contribution is -2.32. The van der Waals surface area contributed by atoms with Crippen LogP contribution in [0.4, 0.5) is 0 Å². The topological polar surface area (TPSA) is 40.5 Å². The Labute approximate surface area is 114 Å². The fraction of sp³-hybridized carbons (Fsp3) is 1.00. The molecule has 0 aromatic rings. The van der Waals surface area contributed by atoms with Gasteiger partial charge in [-0.2, -0.15) is 0 Å². The number of unbranched alkanes of at least 4 members (excludes halogenated alkanes) is 5. The van der Waals surface area contributed by atoms with E-state index in [1.165, 1.54) is 32.1 Å². The molecule has 0 saturated carbocycles. The minimum Gasteiger partial charge on any atom is -0.393 e. The van der Waals surface area contributed by atoms with Gasteiger partial charge in [0, 0.05) is 6.42 Å². The predicted molar refractivity (Wildman–Crippen MR) is 78.8 cm³/mol. The summed E-state index contributed by atoms with van der Waals surface area (Å²) in [5.41, 5.74) is -0.640. The summed E-state index contributed by atoms with van der Waals surface area (Å²) < 4.78 is 0. The van der Waals surface area contributed by atoms with E-state index in [-0.39, 0.29) is 6.10 Å². The van der Waals surface area contributed by atoms with Crippen LogP contribution in [0.5, 0.6) is 0 Å². The van der Waals surface area contributed by atoms with Gasteiger partial charge in [-0.25, -0.2) is 0 Å². The van der Waals surface area contributed by atoms with Gasteiger partial charge in [0.15, 0.2) is 0 Å². The molecule has 110 valence electrons. The van der Waals surface area contributed by atoms with Gasteiger partial charge in [0.05, 0.1) is 11.7 Å². The van der Waals surface area contributed by atoms with E-state index in [1.54, 1.807) is 0 Å². The predicted octanol–water partition coefficient (Wildman–Crippen LogP) is 4.43. The molecular weight excluding hydrogens is 224 g/mol. The molecule has 0 aliphatic heterocycles. The molecule has 0 aromatic carbocycles. The summed E-state index contributed by atoms with van der Waals surface area (Å²) in [5, 5.41) is 20.5. The summed E-state index contributed by atoms with van der Waals surface area (Å²) in [6, 6.07) is 0. The second kappa shape index (κ2) is 10.8. The van der Waals surface area contributed by atoms with Crippen molar-refractivity contribution in [3.63, 3.8) is 0 Å². The van der Waals surface area contributed by atoms with Gasteiger partial charge in [0.1, 0.15) is 0 Å². The zero-order valence-corrected chi connectivity index (χ0v) is 12.7. The Morgan fingerprint density at radius 2 is 1.50 bits per heavy atom. The van der Waals surface area contributed by atoms with Crippen LogP contribution in [0.15, 0.2) is 0 Å². The van der Waals surface area contributed by atoms with Crippen molar-refractivity contribution in [3.05, 3.63) is 0 Å². The lowest BCUT2D eigenvalue weighted by Gasteiger charge is -2.29. The highest BCUT2D eigenvalue weighted by molar-refractivity contribution is 4.80. The Bertz CT molecular complexity index is 182. The van der Waals surface area contributed by atoms with Crippen molar-refractivity contribution in [2.24, 2.45) is 0 Å². The number of aliphatic hydroxyl groups is 2. The van der Waals surface area contributed by atoms with Crippen LogP contribution in [0.3, 0.4) is 0 Å². The smallest absolute Gasteiger partial charge is 0.0669 e. The molecule has 2 unspecified atom stereocenters. The minimum atomic E-state index is -0.640. The molecule has 18 heavy (non-hydrogen) atoms. The van der Waals surface area contributed by atoms with E-state index in [1.807, 2.05) is 6.92 Å². The van der Waals surface area contributed by atoms with Crippen LogP contribution in [0.2, 0.25) is 0 Å². The van der Waals surface area contributed by atoms with Crippen molar-refractivity contribution >= 4 is 0 Å². The van der Waals surface area contributed by atoms with Gasteiger partial charge < -0.3 is 10.2 Å². The highest BCUT2D eigenvalue weighted by Gasteiger charge is 2.27. The molecule has 0 aromatic heterocycles. The lowest BCUT2D eigenvalue weighted by atomic mass is 9.86. The molecule has 2 atom stereocenters. The van der Waals surface area contributed by atoms with Crippen LogP contribution in [0, 0.1) is 0 Å². The number of rotatable bonds is 12. The largest absolute Gasteiger partial charge is 0.393 e. The van der Waals surface area contributed by atoms with Crippen LogP contribution >= 0.6 is 0 Å². The second-order valence-corrected chi connectivity index (χ2v) is 5.74. The highest BCUT2D eigenvalue weighted by atomic mass is 16.3. The average molecular weight is 258 g/mol. The molecule has 0 aliphatic rings. The molecule has 2 N–H and O–H groups in total. The Morgan fingerprint density at radius 1 is 0.889 bits per heavy atom. The molecule has 0 fully saturated rings. The van der Waals surface area contributed by atoms with E-state index in [4.69, 9.17) is 0 Å². The summed E-state index contributed by atoms with van der Waals surface area (Å²) in [7, 11) is 0. The van der Waals surface area contributed by atoms with E-state index >= 15 is 0 Å². The summed E-state index contributed by atoms with van der Waals surface area (Å²) in [4.78, 5) is 0. The van der Waals surface area contributed by atoms with Crippen molar-refractivity contribution in [2.75, 3.05) is 0 Å². The first-order valence-electron chi connectivity index (χ1n) is 7.98. The fourth-order valence-electron chi connectivity index (χ4n) is 2.47. The first-order chi connectivity index (χ1) is 8.58. The van der Waals surface area contributed by atoms with Crippen LogP contribution in [-0.4, -0.2) is 21.9 Å². The van der Waals surface area contributed by atoms with E-state index < -0.39 is 5.60 Å². The number of hydrogen-bond donors (Lipinski definition) is 2. The van der Waals surface area contributed by atoms with Crippen LogP contribution < -0.4 is 0 Å². The molecule has 0 saturated heterocycles. The molecule has 2 nitrogen and oxygen atoms in total. The lowest BCUT2D eigenvalue weighted by molar-refractivity contribution is -0.0243. The molecule has 0 spiro atoms. The SMILES string of the molecule is CCCCCCC(O)(CC)CC(O)CCCCC. The van der Waals surface area contributed by atoms with Crippen molar-refractivity contribution < 1.29 is 10.2 Å². The monoisotopic (exact) mass is 258 g/mol. The van der Waals surface area contributed by atoms with Gasteiger partial charge in [-0.1, -0.05) is 65.7 Å². The zero-order valence-electron chi connectivity index (χ0n) is 12.7. The fourth-order valence-corrected chi connectivity index (χ4v) is 2.47. The molecule has 2 heteroatoms. The summed E-state index contributed by atoms with van der Waals surface area (Å²) >= 11 is 0. The molecule has 0 aliphatic carbocycles. The summed E-state index contributed by atoms with van der Waals surface area (Å²) in [6.07, 6.45) is 10.9. The molecule has 0 radical (unpaired) electrons. The van der Waals surface area contributed by atoms with Gasteiger partial charge in [-0.3, -0.25) is 0 Å². The molecule has 0 amide bonds. The van der Waals surface area contributed by atoms with Crippen molar-refractivity contribution in [1.29, 1.82) is 0 Å². The zero-order chi connectivity index (χ0) is 13.9. The normalized spacial score (nSPS) is 16.5. The number of hydrogen-bond acceptors (Lipinski definition) is 2. The Balaban J connectivity index is 3.88. The molecule has 0 heterocycles. The molecule has 0 rings (SSSR count). The maximum Gasteiger partial charge on any atom is 0.0669 e. The van der Waals surface area contributed by atoms with Crippen LogP contribution in [0.25, 0.3) is 0 Å². The van der Waals surface area contributed by atoms with Gasteiger partial charge in [0.2, 0.25) is 0 Å². The third-order valence-corrected chi connectivity index (χ3v) is 3.91. The third-order valence-electron chi connectivity index (χ3n) is 3.91. The minimum absolute atomic E-state index is 0.326. The molecular formula is C16H34O2. The summed E-state index contributed by atoms with van der Waals surface area (Å²) in [6.45, 7) is 6.39. The van der Waals surface area contributed by atoms with Crippen LogP contribution in [-0.2, 0) is 0 Å². The third kappa shape index (κ3) is 8.93. The van der Waals surface area contributed by atoms with E-state index in [0.717, 1.165) is 32.1 Å². The van der Waals surface area contributed by atoms with Crippen molar-refractivity contribution in [1.82, 2.24) is 0 Å². The first-order valence-corrected chi connectivity index (χ1v) is 7.98. The van der Waals surface area contributed by atoms with Gasteiger partial charge >= 0.3 is 0 Å².